The summed E-state index contributed by atoms with van der Waals surface area (Å²) in [7, 11) is 0. The highest BCUT2D eigenvalue weighted by molar-refractivity contribution is 5.14. The van der Waals surface area contributed by atoms with Crippen LogP contribution in [0.2, 0.25) is 0 Å². The van der Waals surface area contributed by atoms with Gasteiger partial charge in [0.05, 0.1) is 11.7 Å². The lowest BCUT2D eigenvalue weighted by atomic mass is 9.69. The minimum Gasteiger partial charge on any atom is -0.393 e. The second-order valence-electron chi connectivity index (χ2n) is 5.14. The zero-order valence-electron chi connectivity index (χ0n) is 7.40. The normalized spacial score (nSPS) is 67.8. The third-order valence-corrected chi connectivity index (χ3v) is 4.71. The van der Waals surface area contributed by atoms with Crippen LogP contribution in [0.4, 0.5) is 0 Å². The van der Waals surface area contributed by atoms with Gasteiger partial charge in [0.15, 0.2) is 0 Å². The maximum absolute atomic E-state index is 10.2. The van der Waals surface area contributed by atoms with E-state index in [9.17, 15) is 10.2 Å². The number of rotatable bonds is 0. The Labute approximate surface area is 72.6 Å². The molecule has 0 amide bonds. The summed E-state index contributed by atoms with van der Waals surface area (Å²) in [5.74, 6) is 1.92. The Morgan fingerprint density at radius 2 is 1.92 bits per heavy atom. The molecule has 4 saturated carbocycles. The molecule has 4 bridgehead atoms. The summed E-state index contributed by atoms with van der Waals surface area (Å²) >= 11 is 0. The molecule has 0 radical (unpaired) electrons. The Balaban J connectivity index is 2.03. The van der Waals surface area contributed by atoms with Gasteiger partial charge in [0.25, 0.3) is 0 Å². The molecule has 2 N–H and O–H groups in total. The SMILES string of the molecule is C[C@@]1(O)[C@H]2C[C@@H]3C(O)C[C@H]2C[C@@H]31. The summed E-state index contributed by atoms with van der Waals surface area (Å²) in [6.45, 7) is 1.97. The van der Waals surface area contributed by atoms with Crippen LogP contribution in [0.3, 0.4) is 0 Å². The predicted octanol–water partition coefficient (Wildman–Crippen LogP) is 0.774. The molecule has 0 aromatic rings. The molecular weight excluding hydrogens is 152 g/mol. The van der Waals surface area contributed by atoms with Gasteiger partial charge in [-0.25, -0.2) is 0 Å². The number of hydrogen-bond acceptors (Lipinski definition) is 2. The summed E-state index contributed by atoms with van der Waals surface area (Å²) in [5, 5.41) is 19.9. The molecule has 4 fully saturated rings. The van der Waals surface area contributed by atoms with Gasteiger partial charge in [0.2, 0.25) is 0 Å². The lowest BCUT2D eigenvalue weighted by molar-refractivity contribution is -0.0127. The van der Waals surface area contributed by atoms with Crippen molar-refractivity contribution in [1.29, 1.82) is 0 Å². The molecular formula is C10H16O2. The molecule has 0 saturated heterocycles. The zero-order chi connectivity index (χ0) is 8.51. The molecule has 4 aliphatic carbocycles. The molecule has 12 heavy (non-hydrogen) atoms. The van der Waals surface area contributed by atoms with Crippen molar-refractivity contribution in [2.45, 2.75) is 37.9 Å². The first kappa shape index (κ1) is 7.34. The van der Waals surface area contributed by atoms with E-state index in [0.717, 1.165) is 12.8 Å². The molecule has 0 aromatic heterocycles. The van der Waals surface area contributed by atoms with Gasteiger partial charge in [-0.1, -0.05) is 0 Å². The molecule has 2 nitrogen and oxygen atoms in total. The van der Waals surface area contributed by atoms with Gasteiger partial charge in [-0.2, -0.15) is 0 Å². The highest BCUT2D eigenvalue weighted by Crippen LogP contribution is 2.63. The van der Waals surface area contributed by atoms with Crippen LogP contribution in [-0.4, -0.2) is 21.9 Å². The second-order valence-corrected chi connectivity index (χ2v) is 5.14. The lowest BCUT2D eigenvalue weighted by Gasteiger charge is -2.38. The number of aliphatic hydroxyl groups excluding tert-OH is 1. The van der Waals surface area contributed by atoms with Gasteiger partial charge in [0, 0.05) is 0 Å². The maximum Gasteiger partial charge on any atom is 0.0682 e. The molecule has 68 valence electrons. The van der Waals surface area contributed by atoms with Crippen molar-refractivity contribution in [3.8, 4) is 0 Å². The largest absolute Gasteiger partial charge is 0.393 e. The highest BCUT2D eigenvalue weighted by Gasteiger charge is 2.64. The van der Waals surface area contributed by atoms with Gasteiger partial charge in [-0.15, -0.1) is 0 Å². The molecule has 0 aromatic carbocycles. The van der Waals surface area contributed by atoms with Crippen LogP contribution in [0.1, 0.15) is 26.2 Å². The van der Waals surface area contributed by atoms with Crippen molar-refractivity contribution in [2.75, 3.05) is 0 Å². The average Bonchev–Trinajstić information content (AvgIpc) is 2.36. The molecule has 0 spiro atoms. The van der Waals surface area contributed by atoms with E-state index < -0.39 is 5.60 Å². The van der Waals surface area contributed by atoms with Gasteiger partial charge < -0.3 is 10.2 Å². The molecule has 2 heteroatoms. The maximum atomic E-state index is 10.2. The molecule has 4 aliphatic rings. The summed E-state index contributed by atoms with van der Waals surface area (Å²) in [5.41, 5.74) is -0.452. The third kappa shape index (κ3) is 0.612. The number of fused-ring (bicyclic) bond motifs is 1. The fourth-order valence-corrected chi connectivity index (χ4v) is 4.15. The Morgan fingerprint density at radius 3 is 2.33 bits per heavy atom. The number of aliphatic hydroxyl groups is 2. The molecule has 0 aliphatic heterocycles. The van der Waals surface area contributed by atoms with Crippen LogP contribution in [0.15, 0.2) is 0 Å². The van der Waals surface area contributed by atoms with Gasteiger partial charge in [-0.05, 0) is 49.9 Å². The van der Waals surface area contributed by atoms with Crippen molar-refractivity contribution < 1.29 is 10.2 Å². The van der Waals surface area contributed by atoms with E-state index in [-0.39, 0.29) is 6.10 Å². The van der Waals surface area contributed by atoms with E-state index in [4.69, 9.17) is 0 Å². The van der Waals surface area contributed by atoms with Gasteiger partial charge in [0.1, 0.15) is 0 Å². The van der Waals surface area contributed by atoms with Crippen molar-refractivity contribution in [2.24, 2.45) is 23.7 Å². The highest BCUT2D eigenvalue weighted by atomic mass is 16.3. The smallest absolute Gasteiger partial charge is 0.0682 e. The minimum atomic E-state index is -0.452. The lowest BCUT2D eigenvalue weighted by Crippen LogP contribution is -2.37. The first-order valence-corrected chi connectivity index (χ1v) is 5.01. The molecule has 4 rings (SSSR count). The summed E-state index contributed by atoms with van der Waals surface area (Å²) < 4.78 is 0. The van der Waals surface area contributed by atoms with Crippen molar-refractivity contribution >= 4 is 0 Å². The Hall–Kier alpha value is -0.0800. The van der Waals surface area contributed by atoms with Crippen LogP contribution < -0.4 is 0 Å². The van der Waals surface area contributed by atoms with Crippen LogP contribution in [0.25, 0.3) is 0 Å². The van der Waals surface area contributed by atoms with Crippen molar-refractivity contribution in [1.82, 2.24) is 0 Å². The van der Waals surface area contributed by atoms with E-state index in [1.165, 1.54) is 6.42 Å². The average molecular weight is 168 g/mol. The number of hydrogen-bond donors (Lipinski definition) is 2. The molecule has 1 unspecified atom stereocenters. The third-order valence-electron chi connectivity index (χ3n) is 4.71. The summed E-state index contributed by atoms with van der Waals surface area (Å²) in [6.07, 6.45) is 3.07. The van der Waals surface area contributed by atoms with E-state index in [1.807, 2.05) is 6.92 Å². The van der Waals surface area contributed by atoms with Crippen LogP contribution in [0.5, 0.6) is 0 Å². The zero-order valence-corrected chi connectivity index (χ0v) is 7.40. The van der Waals surface area contributed by atoms with Crippen molar-refractivity contribution in [3.63, 3.8) is 0 Å². The fraction of sp³-hybridized carbons (Fsp3) is 1.00. The molecule has 0 heterocycles. The van der Waals surface area contributed by atoms with Crippen LogP contribution in [0, 0.1) is 23.7 Å². The monoisotopic (exact) mass is 168 g/mol. The van der Waals surface area contributed by atoms with Gasteiger partial charge >= 0.3 is 0 Å². The van der Waals surface area contributed by atoms with E-state index >= 15 is 0 Å². The molecule has 6 atom stereocenters. The van der Waals surface area contributed by atoms with E-state index in [1.54, 1.807) is 0 Å². The Kier molecular flexibility index (Phi) is 1.15. The minimum absolute atomic E-state index is 0.112. The second kappa shape index (κ2) is 1.88. The topological polar surface area (TPSA) is 40.5 Å². The van der Waals surface area contributed by atoms with Crippen LogP contribution >= 0.6 is 0 Å². The van der Waals surface area contributed by atoms with E-state index in [0.29, 0.717) is 23.7 Å². The Morgan fingerprint density at radius 1 is 1.17 bits per heavy atom. The van der Waals surface area contributed by atoms with Gasteiger partial charge in [-0.3, -0.25) is 0 Å². The first-order valence-electron chi connectivity index (χ1n) is 5.01. The Bertz CT molecular complexity index is 224. The van der Waals surface area contributed by atoms with E-state index in [2.05, 4.69) is 0 Å². The fourth-order valence-electron chi connectivity index (χ4n) is 4.15. The quantitative estimate of drug-likeness (QED) is 0.561. The van der Waals surface area contributed by atoms with Crippen molar-refractivity contribution in [3.05, 3.63) is 0 Å². The summed E-state index contributed by atoms with van der Waals surface area (Å²) in [4.78, 5) is 0. The standard InChI is InChI=1S/C10H16O2/c1-10(12)7-4-6-8(10)2-5(7)3-9(6)11/h5-9,11-12H,2-4H2,1H3/t5-,6+,7+,8+,9?,10-/m1/s1. The summed E-state index contributed by atoms with van der Waals surface area (Å²) in [6, 6.07) is 0. The predicted molar refractivity (Wildman–Crippen MR) is 44.4 cm³/mol. The first-order chi connectivity index (χ1) is 5.60. The van der Waals surface area contributed by atoms with Crippen LogP contribution in [-0.2, 0) is 0 Å².